The van der Waals surface area contributed by atoms with Crippen molar-refractivity contribution in [2.24, 2.45) is 0 Å². The minimum atomic E-state index is 0.839. The largest absolute Gasteiger partial charge is 0.497 e. The van der Waals surface area contributed by atoms with Gasteiger partial charge in [-0.2, -0.15) is 0 Å². The fourth-order valence-electron chi connectivity index (χ4n) is 2.38. The van der Waals surface area contributed by atoms with E-state index in [9.17, 15) is 0 Å². The lowest BCUT2D eigenvalue weighted by Crippen LogP contribution is -2.14. The van der Waals surface area contributed by atoms with Gasteiger partial charge in [0.15, 0.2) is 0 Å². The van der Waals surface area contributed by atoms with E-state index in [2.05, 4.69) is 50.1 Å². The van der Waals surface area contributed by atoms with Crippen molar-refractivity contribution in [3.05, 3.63) is 46.3 Å². The van der Waals surface area contributed by atoms with Crippen LogP contribution >= 0.6 is 27.5 Å². The molecule has 0 radical (unpaired) electrons. The first-order chi connectivity index (χ1) is 10.6. The molecule has 0 unspecified atom stereocenters. The molecule has 1 aromatic heterocycles. The smallest absolute Gasteiger partial charge is 0.122 e. The Kier molecular flexibility index (Phi) is 4.31. The summed E-state index contributed by atoms with van der Waals surface area (Å²) in [6.07, 6.45) is 2.07. The van der Waals surface area contributed by atoms with Crippen LogP contribution in [-0.2, 0) is 6.54 Å². The number of anilines is 2. The maximum Gasteiger partial charge on any atom is 0.122 e. The van der Waals surface area contributed by atoms with Crippen LogP contribution in [0.1, 0.15) is 10.4 Å². The van der Waals surface area contributed by atoms with Crippen molar-refractivity contribution in [2.45, 2.75) is 6.54 Å². The lowest BCUT2D eigenvalue weighted by Gasteiger charge is -2.23. The average molecular weight is 380 g/mol. The molecule has 0 bridgehead atoms. The van der Waals surface area contributed by atoms with E-state index in [1.54, 1.807) is 18.4 Å². The van der Waals surface area contributed by atoms with Crippen LogP contribution in [0, 0.1) is 0 Å². The molecule has 2 heterocycles. The molecule has 6 heteroatoms. The van der Waals surface area contributed by atoms with Crippen LogP contribution in [0.4, 0.5) is 11.4 Å². The van der Waals surface area contributed by atoms with Crippen LogP contribution in [-0.4, -0.2) is 25.1 Å². The number of methoxy groups -OCH3 is 1. The second-order valence-corrected chi connectivity index (χ2v) is 7.21. The average Bonchev–Trinajstić information content (AvgIpc) is 2.95. The van der Waals surface area contributed by atoms with Crippen molar-refractivity contribution in [3.63, 3.8) is 0 Å². The lowest BCUT2D eigenvalue weighted by molar-refractivity contribution is 0.415. The van der Waals surface area contributed by atoms with Gasteiger partial charge < -0.3 is 18.9 Å². The molecule has 1 N–H and O–H groups in total. The summed E-state index contributed by atoms with van der Waals surface area (Å²) in [7, 11) is 5.74. The van der Waals surface area contributed by atoms with Gasteiger partial charge >= 0.3 is 0 Å². The molecule has 0 atom stereocenters. The molecule has 0 amide bonds. The number of ether oxygens (including phenoxy) is 1. The standard InChI is InChI=1S/C16H18BrN3OS/c1-19(2)12-6-11(7-13(8-12)21-3)18-15-9-20(17)10-16-14(15)4-5-22-16/h4-9,18H,10H2,1-3H3. The summed E-state index contributed by atoms with van der Waals surface area (Å²) in [5, 5.41) is 5.64. The first kappa shape index (κ1) is 15.2. The number of benzene rings is 1. The van der Waals surface area contributed by atoms with E-state index in [0.29, 0.717) is 0 Å². The molecule has 1 aromatic carbocycles. The quantitative estimate of drug-likeness (QED) is 0.798. The zero-order chi connectivity index (χ0) is 15.7. The van der Waals surface area contributed by atoms with Gasteiger partial charge in [0.25, 0.3) is 0 Å². The molecule has 0 saturated carbocycles. The van der Waals surface area contributed by atoms with E-state index in [0.717, 1.165) is 29.4 Å². The normalized spacial score (nSPS) is 13.5. The molecule has 116 valence electrons. The van der Waals surface area contributed by atoms with Crippen molar-refractivity contribution in [1.29, 1.82) is 0 Å². The van der Waals surface area contributed by atoms with Gasteiger partial charge in [0.05, 0.1) is 19.4 Å². The summed E-state index contributed by atoms with van der Waals surface area (Å²) < 4.78 is 7.42. The van der Waals surface area contributed by atoms with Crippen molar-refractivity contribution in [3.8, 4) is 5.75 Å². The van der Waals surface area contributed by atoms with Gasteiger partial charge in [-0.1, -0.05) is 0 Å². The molecular weight excluding hydrogens is 362 g/mol. The van der Waals surface area contributed by atoms with E-state index < -0.39 is 0 Å². The van der Waals surface area contributed by atoms with Crippen LogP contribution in [0.2, 0.25) is 0 Å². The minimum Gasteiger partial charge on any atom is -0.497 e. The molecule has 0 fully saturated rings. The van der Waals surface area contributed by atoms with E-state index in [4.69, 9.17) is 4.74 Å². The minimum absolute atomic E-state index is 0.839. The van der Waals surface area contributed by atoms with Crippen LogP contribution in [0.15, 0.2) is 35.8 Å². The lowest BCUT2D eigenvalue weighted by atomic mass is 10.1. The highest BCUT2D eigenvalue weighted by Gasteiger charge is 2.18. The van der Waals surface area contributed by atoms with Gasteiger partial charge in [-0.25, -0.2) is 0 Å². The van der Waals surface area contributed by atoms with Crippen LogP contribution < -0.4 is 15.0 Å². The summed E-state index contributed by atoms with van der Waals surface area (Å²) in [5.41, 5.74) is 4.45. The Morgan fingerprint density at radius 3 is 2.86 bits per heavy atom. The van der Waals surface area contributed by atoms with E-state index in [1.807, 2.05) is 30.2 Å². The predicted molar refractivity (Wildman–Crippen MR) is 97.7 cm³/mol. The molecule has 0 aliphatic carbocycles. The summed E-state index contributed by atoms with van der Waals surface area (Å²) in [4.78, 5) is 3.41. The van der Waals surface area contributed by atoms with Gasteiger partial charge in [-0.15, -0.1) is 11.3 Å². The maximum absolute atomic E-state index is 5.41. The SMILES string of the molecule is COc1cc(NC2=CN(Br)Cc3sccc32)cc(N(C)C)c1. The highest BCUT2D eigenvalue weighted by molar-refractivity contribution is 9.07. The first-order valence-corrected chi connectivity index (χ1v) is 8.50. The number of hydrogen-bond donors (Lipinski definition) is 1. The van der Waals surface area contributed by atoms with Crippen LogP contribution in [0.5, 0.6) is 5.75 Å². The topological polar surface area (TPSA) is 27.7 Å². The third-order valence-electron chi connectivity index (χ3n) is 3.52. The molecule has 4 nitrogen and oxygen atoms in total. The maximum atomic E-state index is 5.41. The Bertz CT molecular complexity index is 711. The van der Waals surface area contributed by atoms with Gasteiger partial charge in [0, 0.05) is 70.4 Å². The molecule has 0 spiro atoms. The van der Waals surface area contributed by atoms with E-state index in [1.165, 1.54) is 10.4 Å². The summed E-state index contributed by atoms with van der Waals surface area (Å²) in [6.45, 7) is 0.888. The third kappa shape index (κ3) is 3.08. The van der Waals surface area contributed by atoms with Crippen molar-refractivity contribution >= 4 is 44.6 Å². The third-order valence-corrected chi connectivity index (χ3v) is 4.88. The van der Waals surface area contributed by atoms with Crippen molar-refractivity contribution in [2.75, 3.05) is 31.4 Å². The Morgan fingerprint density at radius 2 is 2.14 bits per heavy atom. The Hall–Kier alpha value is -1.66. The fraction of sp³-hybridized carbons (Fsp3) is 0.250. The number of nitrogens with one attached hydrogen (secondary N) is 1. The second-order valence-electron chi connectivity index (χ2n) is 5.30. The fourth-order valence-corrected chi connectivity index (χ4v) is 3.89. The number of nitrogens with zero attached hydrogens (tertiary/aromatic N) is 2. The molecular formula is C16H18BrN3OS. The van der Waals surface area contributed by atoms with Crippen molar-refractivity contribution < 1.29 is 4.74 Å². The van der Waals surface area contributed by atoms with Gasteiger partial charge in [-0.05, 0) is 17.5 Å². The van der Waals surface area contributed by atoms with Crippen molar-refractivity contribution in [1.82, 2.24) is 3.93 Å². The van der Waals surface area contributed by atoms with E-state index >= 15 is 0 Å². The zero-order valence-electron chi connectivity index (χ0n) is 12.8. The Morgan fingerprint density at radius 1 is 1.32 bits per heavy atom. The summed E-state index contributed by atoms with van der Waals surface area (Å²) >= 11 is 5.33. The van der Waals surface area contributed by atoms with E-state index in [-0.39, 0.29) is 0 Å². The van der Waals surface area contributed by atoms with Gasteiger partial charge in [0.2, 0.25) is 0 Å². The molecule has 2 aromatic rings. The molecule has 1 aliphatic rings. The zero-order valence-corrected chi connectivity index (χ0v) is 15.2. The van der Waals surface area contributed by atoms with Crippen LogP contribution in [0.25, 0.3) is 5.70 Å². The predicted octanol–water partition coefficient (Wildman–Crippen LogP) is 4.36. The molecule has 22 heavy (non-hydrogen) atoms. The summed E-state index contributed by atoms with van der Waals surface area (Å²) in [5.74, 6) is 0.839. The monoisotopic (exact) mass is 379 g/mol. The molecule has 1 aliphatic heterocycles. The first-order valence-electron chi connectivity index (χ1n) is 6.91. The molecule has 3 rings (SSSR count). The van der Waals surface area contributed by atoms with Gasteiger partial charge in [0.1, 0.15) is 5.75 Å². The molecule has 0 saturated heterocycles. The number of rotatable bonds is 4. The highest BCUT2D eigenvalue weighted by Crippen LogP contribution is 2.34. The van der Waals surface area contributed by atoms with Crippen LogP contribution in [0.3, 0.4) is 0 Å². The highest BCUT2D eigenvalue weighted by atomic mass is 79.9. The number of fused-ring (bicyclic) bond motifs is 1. The number of hydrogen-bond acceptors (Lipinski definition) is 5. The number of thiophene rings is 1. The second kappa shape index (κ2) is 6.22. The Labute approximate surface area is 143 Å². The number of halogens is 1. The summed E-state index contributed by atoms with van der Waals surface area (Å²) in [6, 6.07) is 8.30. The Balaban J connectivity index is 1.94. The van der Waals surface area contributed by atoms with Gasteiger partial charge in [-0.3, -0.25) is 0 Å².